The summed E-state index contributed by atoms with van der Waals surface area (Å²) in [6.07, 6.45) is 1.33. The number of hydrogen-bond acceptors (Lipinski definition) is 2. The fourth-order valence-corrected chi connectivity index (χ4v) is 2.25. The molecule has 1 aromatic carbocycles. The van der Waals surface area contributed by atoms with Gasteiger partial charge >= 0.3 is 6.03 Å². The number of benzene rings is 1. The summed E-state index contributed by atoms with van der Waals surface area (Å²) in [5.74, 6) is 0.267. The van der Waals surface area contributed by atoms with Crippen molar-refractivity contribution in [3.05, 3.63) is 35.4 Å². The van der Waals surface area contributed by atoms with Crippen molar-refractivity contribution in [2.24, 2.45) is 5.92 Å². The number of hydrogen-bond donors (Lipinski definition) is 3. The summed E-state index contributed by atoms with van der Waals surface area (Å²) in [7, 11) is 0. The van der Waals surface area contributed by atoms with Crippen molar-refractivity contribution in [2.75, 3.05) is 6.54 Å². The molecular weight excluding hydrogens is 252 g/mol. The molecule has 0 aliphatic carbocycles. The second-order valence-electron chi connectivity index (χ2n) is 5.38. The zero-order valence-electron chi connectivity index (χ0n) is 12.6. The van der Waals surface area contributed by atoms with Crippen molar-refractivity contribution in [1.82, 2.24) is 10.6 Å². The van der Waals surface area contributed by atoms with Crippen molar-refractivity contribution in [3.63, 3.8) is 0 Å². The van der Waals surface area contributed by atoms with Gasteiger partial charge in [-0.1, -0.05) is 38.1 Å². The van der Waals surface area contributed by atoms with Crippen LogP contribution >= 0.6 is 0 Å². The Morgan fingerprint density at radius 3 is 2.45 bits per heavy atom. The van der Waals surface area contributed by atoms with Crippen molar-refractivity contribution >= 4 is 6.03 Å². The van der Waals surface area contributed by atoms with Crippen LogP contribution in [0.5, 0.6) is 0 Å². The Morgan fingerprint density at radius 2 is 1.85 bits per heavy atom. The second kappa shape index (κ2) is 8.59. The Kier molecular flexibility index (Phi) is 7.09. The Balaban J connectivity index is 2.33. The van der Waals surface area contributed by atoms with Crippen molar-refractivity contribution in [1.29, 1.82) is 0 Å². The average molecular weight is 278 g/mol. The van der Waals surface area contributed by atoms with Crippen LogP contribution < -0.4 is 10.6 Å². The molecule has 1 aromatic rings. The normalized spacial score (nSPS) is 13.6. The van der Waals surface area contributed by atoms with Gasteiger partial charge in [0.2, 0.25) is 0 Å². The van der Waals surface area contributed by atoms with Crippen LogP contribution in [0.4, 0.5) is 4.79 Å². The minimum Gasteiger partial charge on any atom is -0.393 e. The van der Waals surface area contributed by atoms with E-state index < -0.39 is 0 Å². The van der Waals surface area contributed by atoms with Crippen molar-refractivity contribution < 1.29 is 9.90 Å². The lowest BCUT2D eigenvalue weighted by molar-refractivity contribution is 0.163. The van der Waals surface area contributed by atoms with Gasteiger partial charge in [-0.3, -0.25) is 0 Å². The van der Waals surface area contributed by atoms with Gasteiger partial charge in [0.15, 0.2) is 0 Å². The summed E-state index contributed by atoms with van der Waals surface area (Å²) in [4.78, 5) is 11.7. The fourth-order valence-electron chi connectivity index (χ4n) is 2.25. The third kappa shape index (κ3) is 6.06. The van der Waals surface area contributed by atoms with Gasteiger partial charge in [-0.25, -0.2) is 4.79 Å². The van der Waals surface area contributed by atoms with Gasteiger partial charge in [-0.15, -0.1) is 0 Å². The molecule has 4 nitrogen and oxygen atoms in total. The number of aliphatic hydroxyl groups excluding tert-OH is 1. The van der Waals surface area contributed by atoms with Gasteiger partial charge in [0.1, 0.15) is 0 Å². The molecular formula is C16H26N2O2. The van der Waals surface area contributed by atoms with Gasteiger partial charge < -0.3 is 15.7 Å². The molecule has 0 spiro atoms. The summed E-state index contributed by atoms with van der Waals surface area (Å²) in [5, 5.41) is 15.0. The molecule has 3 N–H and O–H groups in total. The highest BCUT2D eigenvalue weighted by molar-refractivity contribution is 5.73. The Morgan fingerprint density at radius 1 is 1.20 bits per heavy atom. The number of amides is 2. The van der Waals surface area contributed by atoms with E-state index in [2.05, 4.69) is 23.6 Å². The van der Waals surface area contributed by atoms with E-state index in [0.717, 1.165) is 12.0 Å². The number of carbonyl (C=O) groups is 1. The molecule has 0 aliphatic rings. The van der Waals surface area contributed by atoms with E-state index in [-0.39, 0.29) is 18.1 Å². The number of nitrogens with one attached hydrogen (secondary N) is 2. The van der Waals surface area contributed by atoms with E-state index in [4.69, 9.17) is 0 Å². The maximum atomic E-state index is 11.7. The summed E-state index contributed by atoms with van der Waals surface area (Å²) in [6, 6.07) is 7.96. The van der Waals surface area contributed by atoms with Gasteiger partial charge in [0.25, 0.3) is 0 Å². The summed E-state index contributed by atoms with van der Waals surface area (Å²) >= 11 is 0. The molecule has 2 amide bonds. The standard InChI is InChI=1S/C16H26N2O2/c1-4-14-7-5-6-8-15(14)11-18-16(20)17-10-12(2)9-13(3)19/h5-8,12-13,19H,4,9-11H2,1-3H3,(H2,17,18,20). The Labute approximate surface area is 121 Å². The molecule has 0 fully saturated rings. The van der Waals surface area contributed by atoms with Crippen LogP contribution in [0, 0.1) is 5.92 Å². The van der Waals surface area contributed by atoms with Gasteiger partial charge in [-0.2, -0.15) is 0 Å². The van der Waals surface area contributed by atoms with Gasteiger partial charge in [0, 0.05) is 13.1 Å². The maximum Gasteiger partial charge on any atom is 0.315 e. The van der Waals surface area contributed by atoms with Crippen LogP contribution in [0.15, 0.2) is 24.3 Å². The molecule has 0 heterocycles. The topological polar surface area (TPSA) is 61.4 Å². The van der Waals surface area contributed by atoms with E-state index in [1.165, 1.54) is 5.56 Å². The largest absolute Gasteiger partial charge is 0.393 e. The molecule has 0 aromatic heterocycles. The first-order chi connectivity index (χ1) is 9.52. The number of aryl methyl sites for hydroxylation is 1. The minimum absolute atomic E-state index is 0.159. The first-order valence-corrected chi connectivity index (χ1v) is 7.29. The second-order valence-corrected chi connectivity index (χ2v) is 5.38. The van der Waals surface area contributed by atoms with Crippen molar-refractivity contribution in [2.45, 2.75) is 46.3 Å². The highest BCUT2D eigenvalue weighted by Gasteiger charge is 2.08. The molecule has 0 aliphatic heterocycles. The summed E-state index contributed by atoms with van der Waals surface area (Å²) in [5.41, 5.74) is 2.41. The molecule has 0 saturated carbocycles. The molecule has 112 valence electrons. The lowest BCUT2D eigenvalue weighted by atomic mass is 10.0. The maximum absolute atomic E-state index is 11.7. The molecule has 0 bridgehead atoms. The fraction of sp³-hybridized carbons (Fsp3) is 0.562. The first-order valence-electron chi connectivity index (χ1n) is 7.29. The van der Waals surface area contributed by atoms with E-state index >= 15 is 0 Å². The minimum atomic E-state index is -0.328. The molecule has 1 rings (SSSR count). The predicted octanol–water partition coefficient (Wildman–Crippen LogP) is 2.46. The highest BCUT2D eigenvalue weighted by atomic mass is 16.3. The van der Waals surface area contributed by atoms with Gasteiger partial charge in [-0.05, 0) is 36.8 Å². The monoisotopic (exact) mass is 278 g/mol. The van der Waals surface area contributed by atoms with Gasteiger partial charge in [0.05, 0.1) is 6.10 Å². The SMILES string of the molecule is CCc1ccccc1CNC(=O)NCC(C)CC(C)O. The number of carbonyl (C=O) groups excluding carboxylic acids is 1. The van der Waals surface area contributed by atoms with Crippen LogP contribution in [-0.2, 0) is 13.0 Å². The Bertz CT molecular complexity index is 419. The molecule has 0 radical (unpaired) electrons. The summed E-state index contributed by atoms with van der Waals surface area (Å²) in [6.45, 7) is 7.00. The Hall–Kier alpha value is -1.55. The highest BCUT2D eigenvalue weighted by Crippen LogP contribution is 2.09. The van der Waals surface area contributed by atoms with E-state index in [1.807, 2.05) is 25.1 Å². The third-order valence-corrected chi connectivity index (χ3v) is 3.29. The number of rotatable bonds is 7. The molecule has 0 saturated heterocycles. The average Bonchev–Trinajstić information content (AvgIpc) is 2.42. The van der Waals surface area contributed by atoms with Crippen LogP contribution in [0.3, 0.4) is 0 Å². The van der Waals surface area contributed by atoms with E-state index in [1.54, 1.807) is 6.92 Å². The van der Waals surface area contributed by atoms with E-state index in [9.17, 15) is 9.90 Å². The zero-order chi connectivity index (χ0) is 15.0. The van der Waals surface area contributed by atoms with Crippen LogP contribution in [0.1, 0.15) is 38.3 Å². The number of aliphatic hydroxyl groups is 1. The lowest BCUT2D eigenvalue weighted by Crippen LogP contribution is -2.38. The van der Waals surface area contributed by atoms with E-state index in [0.29, 0.717) is 19.5 Å². The quantitative estimate of drug-likeness (QED) is 0.717. The van der Waals surface area contributed by atoms with Crippen molar-refractivity contribution in [3.8, 4) is 0 Å². The molecule has 2 atom stereocenters. The van der Waals surface area contributed by atoms with Crippen LogP contribution in [0.25, 0.3) is 0 Å². The summed E-state index contributed by atoms with van der Waals surface area (Å²) < 4.78 is 0. The lowest BCUT2D eigenvalue weighted by Gasteiger charge is -2.15. The first kappa shape index (κ1) is 16.5. The molecule has 4 heteroatoms. The smallest absolute Gasteiger partial charge is 0.315 e. The van der Waals surface area contributed by atoms with Crippen LogP contribution in [-0.4, -0.2) is 23.8 Å². The number of urea groups is 1. The third-order valence-electron chi connectivity index (χ3n) is 3.29. The molecule has 20 heavy (non-hydrogen) atoms. The zero-order valence-corrected chi connectivity index (χ0v) is 12.6. The molecule has 2 unspecified atom stereocenters. The van der Waals surface area contributed by atoms with Crippen LogP contribution in [0.2, 0.25) is 0 Å². The predicted molar refractivity (Wildman–Crippen MR) is 81.5 cm³/mol.